The van der Waals surface area contributed by atoms with Crippen LogP contribution in [0.4, 0.5) is 0 Å². The minimum Gasteiger partial charge on any atom is -0.481 e. The summed E-state index contributed by atoms with van der Waals surface area (Å²) in [5, 5.41) is 0. The molecule has 0 unspecified atom stereocenters. The molecule has 35 heavy (non-hydrogen) atoms. The second-order valence-electron chi connectivity index (χ2n) is 8.03. The third-order valence-electron chi connectivity index (χ3n) is 5.61. The van der Waals surface area contributed by atoms with Gasteiger partial charge in [0.05, 0.1) is 12.2 Å². The average molecular weight is 537 g/mol. The molecule has 2 heterocycles. The summed E-state index contributed by atoms with van der Waals surface area (Å²) in [6.45, 7) is 2.27. The number of rotatable bonds is 6. The lowest BCUT2D eigenvalue weighted by atomic mass is 10.0. The molecule has 3 aromatic carbocycles. The van der Waals surface area contributed by atoms with Crippen LogP contribution in [-0.2, 0) is 27.5 Å². The van der Waals surface area contributed by atoms with Crippen LogP contribution >= 0.6 is 15.9 Å². The SMILES string of the molecule is Cc1c(OCC(=O)OCc2ccccc2)ccc2c1O/C(=C\c1cc(Br)cc3c1OCOC3)C2=O. The molecule has 5 rings (SSSR count). The van der Waals surface area contributed by atoms with Crippen molar-refractivity contribution in [3.63, 3.8) is 0 Å². The molecule has 0 saturated carbocycles. The van der Waals surface area contributed by atoms with Crippen molar-refractivity contribution in [2.24, 2.45) is 0 Å². The van der Waals surface area contributed by atoms with E-state index >= 15 is 0 Å². The Bertz CT molecular complexity index is 1330. The summed E-state index contributed by atoms with van der Waals surface area (Å²) in [6.07, 6.45) is 1.66. The highest BCUT2D eigenvalue weighted by molar-refractivity contribution is 9.10. The van der Waals surface area contributed by atoms with E-state index in [9.17, 15) is 9.59 Å². The van der Waals surface area contributed by atoms with E-state index < -0.39 is 5.97 Å². The zero-order chi connectivity index (χ0) is 24.4. The topological polar surface area (TPSA) is 80.3 Å². The van der Waals surface area contributed by atoms with Crippen molar-refractivity contribution in [2.45, 2.75) is 20.1 Å². The molecule has 178 valence electrons. The molecule has 0 spiro atoms. The molecule has 2 aliphatic rings. The quantitative estimate of drug-likeness (QED) is 0.309. The van der Waals surface area contributed by atoms with Crippen LogP contribution in [0.2, 0.25) is 0 Å². The van der Waals surface area contributed by atoms with Gasteiger partial charge in [-0.15, -0.1) is 0 Å². The molecule has 0 saturated heterocycles. The zero-order valence-corrected chi connectivity index (χ0v) is 20.4. The maximum Gasteiger partial charge on any atom is 0.344 e. The Morgan fingerprint density at radius 2 is 1.94 bits per heavy atom. The Morgan fingerprint density at radius 3 is 2.77 bits per heavy atom. The number of carbonyl (C=O) groups excluding carboxylic acids is 2. The van der Waals surface area contributed by atoms with Crippen LogP contribution < -0.4 is 14.2 Å². The van der Waals surface area contributed by atoms with Crippen LogP contribution in [0.1, 0.15) is 32.6 Å². The third-order valence-corrected chi connectivity index (χ3v) is 6.07. The Morgan fingerprint density at radius 1 is 1.11 bits per heavy atom. The molecule has 0 amide bonds. The van der Waals surface area contributed by atoms with Crippen molar-refractivity contribution in [1.82, 2.24) is 0 Å². The van der Waals surface area contributed by atoms with E-state index in [1.165, 1.54) is 0 Å². The third kappa shape index (κ3) is 4.94. The van der Waals surface area contributed by atoms with Crippen LogP contribution in [0, 0.1) is 6.92 Å². The van der Waals surface area contributed by atoms with E-state index in [2.05, 4.69) is 15.9 Å². The van der Waals surface area contributed by atoms with Crippen LogP contribution in [0.15, 0.2) is 64.8 Å². The number of fused-ring (bicyclic) bond motifs is 2. The van der Waals surface area contributed by atoms with Gasteiger partial charge in [0, 0.05) is 21.2 Å². The molecule has 0 bridgehead atoms. The molecule has 0 atom stereocenters. The number of ketones is 1. The molecule has 3 aromatic rings. The molecular formula is C27H21BrO7. The van der Waals surface area contributed by atoms with Crippen LogP contribution in [0.25, 0.3) is 6.08 Å². The number of carbonyl (C=O) groups is 2. The van der Waals surface area contributed by atoms with E-state index in [1.54, 1.807) is 25.1 Å². The number of allylic oxidation sites excluding steroid dienone is 1. The summed E-state index contributed by atoms with van der Waals surface area (Å²) < 4.78 is 28.7. The standard InChI is InChI=1S/C27H21BrO7/c1-16-22(32-14-24(29)33-12-17-5-3-2-4-6-17)8-7-21-25(30)23(35-26(16)21)11-18-9-20(28)10-19-13-31-15-34-27(18)19/h2-11H,12-15H2,1H3/b23-11-. The summed E-state index contributed by atoms with van der Waals surface area (Å²) >= 11 is 3.49. The second kappa shape index (κ2) is 9.93. The lowest BCUT2D eigenvalue weighted by Crippen LogP contribution is -2.15. The minimum absolute atomic E-state index is 0.146. The molecule has 0 N–H and O–H groups in total. The highest BCUT2D eigenvalue weighted by atomic mass is 79.9. The summed E-state index contributed by atoms with van der Waals surface area (Å²) in [4.78, 5) is 25.1. The van der Waals surface area contributed by atoms with E-state index in [-0.39, 0.29) is 31.5 Å². The van der Waals surface area contributed by atoms with Gasteiger partial charge in [0.25, 0.3) is 0 Å². The number of esters is 1. The monoisotopic (exact) mass is 536 g/mol. The van der Waals surface area contributed by atoms with Crippen molar-refractivity contribution in [3.05, 3.63) is 92.6 Å². The molecular weight excluding hydrogens is 516 g/mol. The summed E-state index contributed by atoms with van der Waals surface area (Å²) in [5.41, 5.74) is 3.54. The number of hydrogen-bond acceptors (Lipinski definition) is 7. The molecule has 0 aromatic heterocycles. The molecule has 7 nitrogen and oxygen atoms in total. The van der Waals surface area contributed by atoms with Gasteiger partial charge in [-0.3, -0.25) is 4.79 Å². The first-order chi connectivity index (χ1) is 17.0. The van der Waals surface area contributed by atoms with Crippen LogP contribution in [-0.4, -0.2) is 25.2 Å². The van der Waals surface area contributed by atoms with Gasteiger partial charge >= 0.3 is 5.97 Å². The van der Waals surface area contributed by atoms with Gasteiger partial charge in [0.15, 0.2) is 19.2 Å². The van der Waals surface area contributed by atoms with Gasteiger partial charge < -0.3 is 23.7 Å². The number of Topliss-reactive ketones (excluding diaryl/α,β-unsaturated/α-hetero) is 1. The predicted octanol–water partition coefficient (Wildman–Crippen LogP) is 5.36. The van der Waals surface area contributed by atoms with Crippen molar-refractivity contribution < 1.29 is 33.3 Å². The maximum absolute atomic E-state index is 13.0. The summed E-state index contributed by atoms with van der Waals surface area (Å²) in [6, 6.07) is 16.5. The highest BCUT2D eigenvalue weighted by Gasteiger charge is 2.31. The summed E-state index contributed by atoms with van der Waals surface area (Å²) in [5.74, 6) is 0.957. The van der Waals surface area contributed by atoms with Crippen molar-refractivity contribution in [1.29, 1.82) is 0 Å². The Hall–Kier alpha value is -3.62. The Kier molecular flexibility index (Phi) is 6.57. The van der Waals surface area contributed by atoms with Gasteiger partial charge in [-0.25, -0.2) is 4.79 Å². The Balaban J connectivity index is 1.30. The van der Waals surface area contributed by atoms with Gasteiger partial charge in [-0.1, -0.05) is 46.3 Å². The first-order valence-corrected chi connectivity index (χ1v) is 11.7. The lowest BCUT2D eigenvalue weighted by Gasteiger charge is -2.20. The van der Waals surface area contributed by atoms with E-state index in [0.717, 1.165) is 15.6 Å². The predicted molar refractivity (Wildman–Crippen MR) is 130 cm³/mol. The lowest BCUT2D eigenvalue weighted by molar-refractivity contribution is -0.147. The normalized spacial score (nSPS) is 15.1. The highest BCUT2D eigenvalue weighted by Crippen LogP contribution is 2.40. The maximum atomic E-state index is 13.0. The van der Waals surface area contributed by atoms with E-state index in [4.69, 9.17) is 23.7 Å². The average Bonchev–Trinajstić information content (AvgIpc) is 3.18. The molecule has 2 aliphatic heterocycles. The molecule has 0 fully saturated rings. The minimum atomic E-state index is -0.491. The first kappa shape index (κ1) is 23.1. The molecule has 0 radical (unpaired) electrons. The Labute approximate surface area is 210 Å². The van der Waals surface area contributed by atoms with Gasteiger partial charge in [-0.2, -0.15) is 0 Å². The van der Waals surface area contributed by atoms with Gasteiger partial charge in [0.1, 0.15) is 23.9 Å². The number of hydrogen-bond donors (Lipinski definition) is 0. The van der Waals surface area contributed by atoms with Crippen molar-refractivity contribution >= 4 is 33.8 Å². The fraction of sp³-hybridized carbons (Fsp3) is 0.185. The summed E-state index contributed by atoms with van der Waals surface area (Å²) in [7, 11) is 0. The fourth-order valence-corrected chi connectivity index (χ4v) is 4.42. The van der Waals surface area contributed by atoms with E-state index in [0.29, 0.717) is 40.5 Å². The first-order valence-electron chi connectivity index (χ1n) is 10.9. The second-order valence-corrected chi connectivity index (χ2v) is 8.95. The van der Waals surface area contributed by atoms with Crippen LogP contribution in [0.5, 0.6) is 17.2 Å². The zero-order valence-electron chi connectivity index (χ0n) is 18.8. The molecule has 0 aliphatic carbocycles. The number of benzene rings is 3. The smallest absolute Gasteiger partial charge is 0.344 e. The van der Waals surface area contributed by atoms with Gasteiger partial charge in [0.2, 0.25) is 5.78 Å². The van der Waals surface area contributed by atoms with Crippen LogP contribution in [0.3, 0.4) is 0 Å². The fourth-order valence-electron chi connectivity index (χ4n) is 3.90. The molecule has 8 heteroatoms. The van der Waals surface area contributed by atoms with Crippen molar-refractivity contribution in [2.75, 3.05) is 13.4 Å². The van der Waals surface area contributed by atoms with Gasteiger partial charge in [-0.05, 0) is 42.8 Å². The van der Waals surface area contributed by atoms with Crippen molar-refractivity contribution in [3.8, 4) is 17.2 Å². The largest absolute Gasteiger partial charge is 0.481 e. The number of ether oxygens (including phenoxy) is 5. The van der Waals surface area contributed by atoms with E-state index in [1.807, 2.05) is 42.5 Å². The number of halogens is 1.